The van der Waals surface area contributed by atoms with Crippen LogP contribution < -0.4 is 22.4 Å². The van der Waals surface area contributed by atoms with E-state index in [0.717, 1.165) is 0 Å². The topological polar surface area (TPSA) is 55.4 Å². The van der Waals surface area contributed by atoms with Gasteiger partial charge in [-0.2, -0.15) is 0 Å². The fourth-order valence-electron chi connectivity index (χ4n) is 2.40. The molecule has 0 fully saturated rings. The van der Waals surface area contributed by atoms with Crippen LogP contribution in [-0.4, -0.2) is 31.4 Å². The molecule has 0 amide bonds. The molecule has 0 saturated heterocycles. The summed E-state index contributed by atoms with van der Waals surface area (Å²) in [5.74, 6) is 3.94. The maximum atomic E-state index is 5.96. The second kappa shape index (κ2) is 6.71. The Hall–Kier alpha value is -2.42. The van der Waals surface area contributed by atoms with Crippen molar-refractivity contribution in [1.82, 2.24) is 0 Å². The van der Waals surface area contributed by atoms with E-state index in [-0.39, 0.29) is 0 Å². The van der Waals surface area contributed by atoms with Crippen LogP contribution in [0, 0.1) is 0 Å². The van der Waals surface area contributed by atoms with Crippen molar-refractivity contribution in [3.63, 3.8) is 0 Å². The van der Waals surface area contributed by atoms with Crippen LogP contribution in [-0.2, 0) is 0 Å². The number of rotatable bonds is 4. The van der Waals surface area contributed by atoms with Gasteiger partial charge < -0.3 is 0 Å². The number of benzene rings is 3. The zero-order chi connectivity index (χ0) is 17.3. The Morgan fingerprint density at radius 3 is 1.12 bits per heavy atom. The van der Waals surface area contributed by atoms with E-state index in [1.165, 1.54) is 0 Å². The fourth-order valence-corrected chi connectivity index (χ4v) is 6.79. The molecule has 2 aliphatic rings. The first-order chi connectivity index (χ1) is 12.8. The molecule has 8 heteroatoms. The Labute approximate surface area is 160 Å². The van der Waals surface area contributed by atoms with E-state index in [0.29, 0.717) is 34.5 Å². The molecule has 0 saturated carbocycles. The summed E-state index contributed by atoms with van der Waals surface area (Å²) in [5, 5.41) is 0. The van der Waals surface area contributed by atoms with Crippen LogP contribution in [0.2, 0.25) is 0 Å². The fraction of sp³-hybridized carbons (Fsp3) is 0. The van der Waals surface area contributed by atoms with Gasteiger partial charge in [0.15, 0.2) is 0 Å². The van der Waals surface area contributed by atoms with E-state index >= 15 is 0 Å². The van der Waals surface area contributed by atoms with E-state index in [9.17, 15) is 0 Å². The van der Waals surface area contributed by atoms with Crippen molar-refractivity contribution in [3.05, 3.63) is 72.8 Å². The van der Waals surface area contributed by atoms with Crippen LogP contribution in [0.5, 0.6) is 34.5 Å². The predicted molar refractivity (Wildman–Crippen MR) is 94.6 cm³/mol. The van der Waals surface area contributed by atoms with Gasteiger partial charge in [-0.25, -0.2) is 0 Å². The SMILES string of the molecule is c1ccc(O[As]2Oc3ccccc3O2)c(O[As]2Oc3ccccc3O2)c1. The van der Waals surface area contributed by atoms with Crippen molar-refractivity contribution >= 4 is 31.4 Å². The Bertz CT molecular complexity index is 824. The van der Waals surface area contributed by atoms with E-state index < -0.39 is 31.4 Å². The molecule has 0 aliphatic carbocycles. The minimum atomic E-state index is -2.45. The van der Waals surface area contributed by atoms with Crippen molar-refractivity contribution in [2.45, 2.75) is 0 Å². The molecule has 130 valence electrons. The summed E-state index contributed by atoms with van der Waals surface area (Å²) in [6, 6.07) is 22.4. The standard InChI is InChI=1S/C18H12As2O6/c1-2-8-14-13(7-1)21-19(22-14)25-17-11-5-6-12-18(17)26-20-23-15-9-3-4-10-16(15)24-20/h1-12H. The molecule has 2 heterocycles. The molecule has 0 unspecified atom stereocenters. The molecular formula is C18H12As2O6. The monoisotopic (exact) mass is 474 g/mol. The van der Waals surface area contributed by atoms with E-state index in [1.807, 2.05) is 72.8 Å². The van der Waals surface area contributed by atoms with Gasteiger partial charge in [-0.3, -0.25) is 0 Å². The summed E-state index contributed by atoms with van der Waals surface area (Å²) in [4.78, 5) is 0. The normalized spacial score (nSPS) is 15.1. The molecule has 0 aromatic heterocycles. The summed E-state index contributed by atoms with van der Waals surface area (Å²) in [7, 11) is 0. The van der Waals surface area contributed by atoms with Gasteiger partial charge in [0.25, 0.3) is 0 Å². The van der Waals surface area contributed by atoms with Crippen molar-refractivity contribution in [2.75, 3.05) is 0 Å². The van der Waals surface area contributed by atoms with Gasteiger partial charge in [-0.15, -0.1) is 0 Å². The van der Waals surface area contributed by atoms with Crippen molar-refractivity contribution in [1.29, 1.82) is 0 Å². The number of hydrogen-bond donors (Lipinski definition) is 0. The van der Waals surface area contributed by atoms with Crippen LogP contribution in [0.15, 0.2) is 72.8 Å². The molecule has 0 N–H and O–H groups in total. The van der Waals surface area contributed by atoms with Crippen LogP contribution in [0.3, 0.4) is 0 Å². The van der Waals surface area contributed by atoms with Gasteiger partial charge in [0.05, 0.1) is 0 Å². The molecule has 3 aromatic carbocycles. The van der Waals surface area contributed by atoms with Crippen LogP contribution >= 0.6 is 0 Å². The van der Waals surface area contributed by atoms with Gasteiger partial charge in [0, 0.05) is 0 Å². The van der Waals surface area contributed by atoms with Gasteiger partial charge in [0.1, 0.15) is 0 Å². The zero-order valence-electron chi connectivity index (χ0n) is 13.3. The Morgan fingerprint density at radius 1 is 0.462 bits per heavy atom. The molecule has 0 bridgehead atoms. The number of fused-ring (bicyclic) bond motifs is 2. The first-order valence-corrected chi connectivity index (χ1v) is 12.4. The molecule has 26 heavy (non-hydrogen) atoms. The molecule has 0 radical (unpaired) electrons. The first kappa shape index (κ1) is 15.8. The predicted octanol–water partition coefficient (Wildman–Crippen LogP) is 3.36. The van der Waals surface area contributed by atoms with E-state index in [2.05, 4.69) is 0 Å². The number of hydrogen-bond acceptors (Lipinski definition) is 6. The molecule has 3 aromatic rings. The van der Waals surface area contributed by atoms with Gasteiger partial charge in [-0.1, -0.05) is 0 Å². The maximum absolute atomic E-state index is 5.96. The first-order valence-electron chi connectivity index (χ1n) is 7.80. The van der Waals surface area contributed by atoms with E-state index in [4.69, 9.17) is 22.4 Å². The summed E-state index contributed by atoms with van der Waals surface area (Å²) >= 11 is -4.90. The summed E-state index contributed by atoms with van der Waals surface area (Å²) in [6.07, 6.45) is 0. The van der Waals surface area contributed by atoms with Crippen LogP contribution in [0.1, 0.15) is 0 Å². The Balaban J connectivity index is 1.30. The third-order valence-corrected chi connectivity index (χ3v) is 7.94. The van der Waals surface area contributed by atoms with E-state index in [1.54, 1.807) is 0 Å². The Morgan fingerprint density at radius 2 is 0.769 bits per heavy atom. The molecule has 2 aliphatic heterocycles. The summed E-state index contributed by atoms with van der Waals surface area (Å²) in [5.41, 5.74) is 0. The quantitative estimate of drug-likeness (QED) is 0.541. The second-order valence-electron chi connectivity index (χ2n) is 5.34. The molecule has 0 atom stereocenters. The molecule has 0 spiro atoms. The molecule has 5 rings (SSSR count). The van der Waals surface area contributed by atoms with Gasteiger partial charge in [0.2, 0.25) is 0 Å². The minimum absolute atomic E-state index is 0.554. The van der Waals surface area contributed by atoms with Crippen molar-refractivity contribution in [2.24, 2.45) is 0 Å². The van der Waals surface area contributed by atoms with Crippen LogP contribution in [0.4, 0.5) is 0 Å². The summed E-state index contributed by atoms with van der Waals surface area (Å²) < 4.78 is 35.1. The third kappa shape index (κ3) is 3.07. The van der Waals surface area contributed by atoms with Gasteiger partial charge in [-0.05, 0) is 0 Å². The summed E-state index contributed by atoms with van der Waals surface area (Å²) in [6.45, 7) is 0. The van der Waals surface area contributed by atoms with Crippen molar-refractivity contribution in [3.8, 4) is 34.5 Å². The Kier molecular flexibility index (Phi) is 4.08. The van der Waals surface area contributed by atoms with Crippen LogP contribution in [0.25, 0.3) is 0 Å². The molecule has 6 nitrogen and oxygen atoms in total. The van der Waals surface area contributed by atoms with Gasteiger partial charge >= 0.3 is 161 Å². The zero-order valence-corrected chi connectivity index (χ0v) is 17.0. The number of para-hydroxylation sites is 6. The third-order valence-electron chi connectivity index (χ3n) is 3.58. The van der Waals surface area contributed by atoms with Crippen molar-refractivity contribution < 1.29 is 22.4 Å². The second-order valence-corrected chi connectivity index (χ2v) is 9.51. The average Bonchev–Trinajstić information content (AvgIpc) is 3.26. The average molecular weight is 474 g/mol. The molecular weight excluding hydrogens is 462 g/mol.